The lowest BCUT2D eigenvalue weighted by atomic mass is 10.1. The molecule has 0 aliphatic carbocycles. The molecule has 24 heavy (non-hydrogen) atoms. The summed E-state index contributed by atoms with van der Waals surface area (Å²) in [6, 6.07) is 18.0. The number of rotatable bonds is 3. The SMILES string of the molecule is O=C1OC[C@H]([C@H]2COC(=O)N2c2ccccc2)N1c1ccccc1. The first kappa shape index (κ1) is 14.6. The summed E-state index contributed by atoms with van der Waals surface area (Å²) in [6.07, 6.45) is -0.808. The number of cyclic esters (lactones) is 2. The lowest BCUT2D eigenvalue weighted by Gasteiger charge is -2.30. The van der Waals surface area contributed by atoms with E-state index in [0.29, 0.717) is 0 Å². The van der Waals surface area contributed by atoms with Gasteiger partial charge in [0.2, 0.25) is 0 Å². The molecule has 0 aromatic heterocycles. The molecule has 0 bridgehead atoms. The predicted molar refractivity (Wildman–Crippen MR) is 88.1 cm³/mol. The summed E-state index contributed by atoms with van der Waals surface area (Å²) in [4.78, 5) is 27.7. The van der Waals surface area contributed by atoms with Gasteiger partial charge in [0, 0.05) is 11.4 Å². The molecule has 122 valence electrons. The summed E-state index contributed by atoms with van der Waals surface area (Å²) in [6.45, 7) is 0.441. The van der Waals surface area contributed by atoms with Crippen molar-refractivity contribution in [3.63, 3.8) is 0 Å². The number of ether oxygens (including phenoxy) is 2. The molecule has 0 unspecified atom stereocenters. The number of amides is 2. The maximum absolute atomic E-state index is 12.2. The van der Waals surface area contributed by atoms with Gasteiger partial charge < -0.3 is 9.47 Å². The molecule has 2 aromatic carbocycles. The fourth-order valence-corrected chi connectivity index (χ4v) is 3.21. The van der Waals surface area contributed by atoms with Crippen LogP contribution in [-0.4, -0.2) is 37.5 Å². The van der Waals surface area contributed by atoms with Crippen LogP contribution in [0.1, 0.15) is 0 Å². The van der Waals surface area contributed by atoms with Gasteiger partial charge in [-0.2, -0.15) is 0 Å². The maximum Gasteiger partial charge on any atom is 0.414 e. The summed E-state index contributed by atoms with van der Waals surface area (Å²) >= 11 is 0. The molecule has 2 fully saturated rings. The second kappa shape index (κ2) is 5.88. The highest BCUT2D eigenvalue weighted by Crippen LogP contribution is 2.31. The van der Waals surface area contributed by atoms with Crippen LogP contribution in [-0.2, 0) is 9.47 Å². The standard InChI is InChI=1S/C18H16N2O4/c21-17-19(13-7-3-1-4-8-13)15(11-23-17)16-12-24-18(22)20(16)14-9-5-2-6-10-14/h1-10,15-16H,11-12H2/t15-,16-/m1/s1. The molecule has 2 aliphatic rings. The molecule has 2 amide bonds. The largest absolute Gasteiger partial charge is 0.447 e. The molecule has 0 radical (unpaired) electrons. The van der Waals surface area contributed by atoms with E-state index in [2.05, 4.69) is 0 Å². The van der Waals surface area contributed by atoms with Crippen molar-refractivity contribution >= 4 is 23.6 Å². The van der Waals surface area contributed by atoms with Gasteiger partial charge in [-0.15, -0.1) is 0 Å². The van der Waals surface area contributed by atoms with Crippen LogP contribution in [0.25, 0.3) is 0 Å². The number of para-hydroxylation sites is 2. The first-order valence-electron chi connectivity index (χ1n) is 7.78. The highest BCUT2D eigenvalue weighted by Gasteiger charge is 2.47. The van der Waals surface area contributed by atoms with Crippen LogP contribution in [0, 0.1) is 0 Å². The second-order valence-corrected chi connectivity index (χ2v) is 5.70. The van der Waals surface area contributed by atoms with Crippen LogP contribution < -0.4 is 9.80 Å². The van der Waals surface area contributed by atoms with Crippen molar-refractivity contribution in [2.24, 2.45) is 0 Å². The Hall–Kier alpha value is -3.02. The van der Waals surface area contributed by atoms with Gasteiger partial charge in [-0.1, -0.05) is 36.4 Å². The lowest BCUT2D eigenvalue weighted by Crippen LogP contribution is -2.50. The van der Waals surface area contributed by atoms with E-state index in [1.165, 1.54) is 0 Å². The van der Waals surface area contributed by atoms with Gasteiger partial charge in [0.05, 0.1) is 12.1 Å². The molecular formula is C18H16N2O4. The third-order valence-corrected chi connectivity index (χ3v) is 4.32. The predicted octanol–water partition coefficient (Wildman–Crippen LogP) is 3.04. The van der Waals surface area contributed by atoms with E-state index in [1.807, 2.05) is 60.7 Å². The van der Waals surface area contributed by atoms with E-state index in [9.17, 15) is 9.59 Å². The number of hydrogen-bond donors (Lipinski definition) is 0. The topological polar surface area (TPSA) is 59.1 Å². The van der Waals surface area contributed by atoms with Crippen LogP contribution in [0.3, 0.4) is 0 Å². The number of carbonyl (C=O) groups excluding carboxylic acids is 2. The number of anilines is 2. The lowest BCUT2D eigenvalue weighted by molar-refractivity contribution is 0.172. The zero-order chi connectivity index (χ0) is 16.5. The minimum atomic E-state index is -0.404. The molecule has 2 atom stereocenters. The van der Waals surface area contributed by atoms with Crippen molar-refractivity contribution in [1.82, 2.24) is 0 Å². The van der Waals surface area contributed by atoms with Gasteiger partial charge in [-0.05, 0) is 24.3 Å². The van der Waals surface area contributed by atoms with Crippen molar-refractivity contribution in [3.05, 3.63) is 60.7 Å². The van der Waals surface area contributed by atoms with Crippen LogP contribution in [0.4, 0.5) is 21.0 Å². The van der Waals surface area contributed by atoms with Crippen molar-refractivity contribution in [2.45, 2.75) is 12.1 Å². The third-order valence-electron chi connectivity index (χ3n) is 4.32. The fraction of sp³-hybridized carbons (Fsp3) is 0.222. The Morgan fingerprint density at radius 3 is 1.42 bits per heavy atom. The summed E-state index contributed by atoms with van der Waals surface area (Å²) in [7, 11) is 0. The van der Waals surface area contributed by atoms with Gasteiger partial charge in [0.25, 0.3) is 0 Å². The van der Waals surface area contributed by atoms with E-state index in [4.69, 9.17) is 9.47 Å². The van der Waals surface area contributed by atoms with Crippen molar-refractivity contribution < 1.29 is 19.1 Å². The van der Waals surface area contributed by atoms with Crippen LogP contribution >= 0.6 is 0 Å². The highest BCUT2D eigenvalue weighted by atomic mass is 16.6. The van der Waals surface area contributed by atoms with Gasteiger partial charge in [0.1, 0.15) is 13.2 Å². The monoisotopic (exact) mass is 324 g/mol. The molecule has 0 spiro atoms. The Morgan fingerprint density at radius 1 is 0.667 bits per heavy atom. The van der Waals surface area contributed by atoms with E-state index in [0.717, 1.165) is 11.4 Å². The molecule has 2 heterocycles. The summed E-state index contributed by atoms with van der Waals surface area (Å²) in [5, 5.41) is 0. The van der Waals surface area contributed by atoms with Gasteiger partial charge in [-0.3, -0.25) is 9.80 Å². The van der Waals surface area contributed by atoms with E-state index >= 15 is 0 Å². The Balaban J connectivity index is 1.69. The highest BCUT2D eigenvalue weighted by molar-refractivity contribution is 5.94. The van der Waals surface area contributed by atoms with Crippen LogP contribution in [0.2, 0.25) is 0 Å². The molecule has 6 heteroatoms. The maximum atomic E-state index is 12.2. The Bertz CT molecular complexity index is 685. The molecular weight excluding hydrogens is 308 g/mol. The Kier molecular flexibility index (Phi) is 3.57. The molecule has 6 nitrogen and oxygen atoms in total. The third kappa shape index (κ3) is 2.36. The fourth-order valence-electron chi connectivity index (χ4n) is 3.21. The van der Waals surface area contributed by atoms with E-state index in [-0.39, 0.29) is 25.3 Å². The summed E-state index contributed by atoms with van der Waals surface area (Å²) < 4.78 is 10.5. The second-order valence-electron chi connectivity index (χ2n) is 5.70. The zero-order valence-corrected chi connectivity index (χ0v) is 12.9. The molecule has 0 saturated carbocycles. The number of benzene rings is 2. The minimum Gasteiger partial charge on any atom is -0.447 e. The molecule has 2 aliphatic heterocycles. The van der Waals surface area contributed by atoms with Crippen molar-refractivity contribution in [1.29, 1.82) is 0 Å². The minimum absolute atomic E-state index is 0.221. The summed E-state index contributed by atoms with van der Waals surface area (Å²) in [5.41, 5.74) is 1.50. The van der Waals surface area contributed by atoms with Gasteiger partial charge >= 0.3 is 12.2 Å². The summed E-state index contributed by atoms with van der Waals surface area (Å²) in [5.74, 6) is 0. The average molecular weight is 324 g/mol. The Labute approximate surface area is 139 Å². The smallest absolute Gasteiger partial charge is 0.414 e. The van der Waals surface area contributed by atoms with E-state index in [1.54, 1.807) is 9.80 Å². The van der Waals surface area contributed by atoms with Gasteiger partial charge in [0.15, 0.2) is 0 Å². The normalized spacial score (nSPS) is 23.3. The van der Waals surface area contributed by atoms with E-state index < -0.39 is 12.2 Å². The first-order chi connectivity index (χ1) is 11.8. The Morgan fingerprint density at radius 2 is 1.04 bits per heavy atom. The molecule has 2 aromatic rings. The van der Waals surface area contributed by atoms with Crippen molar-refractivity contribution in [2.75, 3.05) is 23.0 Å². The first-order valence-corrected chi connectivity index (χ1v) is 7.78. The van der Waals surface area contributed by atoms with Gasteiger partial charge in [-0.25, -0.2) is 9.59 Å². The number of nitrogens with zero attached hydrogens (tertiary/aromatic N) is 2. The quantitative estimate of drug-likeness (QED) is 0.871. The average Bonchev–Trinajstić information content (AvgIpc) is 3.19. The molecule has 0 N–H and O–H groups in total. The zero-order valence-electron chi connectivity index (χ0n) is 12.9. The van der Waals surface area contributed by atoms with Crippen molar-refractivity contribution in [3.8, 4) is 0 Å². The van der Waals surface area contributed by atoms with Crippen LogP contribution in [0.15, 0.2) is 60.7 Å². The number of carbonyl (C=O) groups is 2. The number of hydrogen-bond acceptors (Lipinski definition) is 4. The van der Waals surface area contributed by atoms with Crippen LogP contribution in [0.5, 0.6) is 0 Å². The molecule has 4 rings (SSSR count). The molecule has 2 saturated heterocycles.